The Morgan fingerprint density at radius 3 is 2.73 bits per heavy atom. The highest BCUT2D eigenvalue weighted by Gasteiger charge is 2.12. The fraction of sp³-hybridized carbons (Fsp3) is 0. The molecule has 2 aromatic rings. The first-order valence-electron chi connectivity index (χ1n) is 4.03. The SMILES string of the molecule is N#Cc1sc(-c2ccccc2F)nc1Cl. The van der Waals surface area contributed by atoms with Crippen LogP contribution in [0.5, 0.6) is 0 Å². The zero-order valence-corrected chi connectivity index (χ0v) is 8.94. The molecular weight excluding hydrogens is 235 g/mol. The van der Waals surface area contributed by atoms with Crippen molar-refractivity contribution >= 4 is 22.9 Å². The lowest BCUT2D eigenvalue weighted by atomic mass is 10.2. The molecule has 0 aliphatic rings. The van der Waals surface area contributed by atoms with Crippen LogP contribution < -0.4 is 0 Å². The molecule has 0 saturated carbocycles. The molecule has 0 spiro atoms. The van der Waals surface area contributed by atoms with Crippen LogP contribution in [-0.2, 0) is 0 Å². The number of aromatic nitrogens is 1. The van der Waals surface area contributed by atoms with E-state index in [0.717, 1.165) is 11.3 Å². The molecule has 2 rings (SSSR count). The molecule has 0 bridgehead atoms. The molecule has 1 heterocycles. The van der Waals surface area contributed by atoms with Crippen LogP contribution in [0, 0.1) is 17.1 Å². The summed E-state index contributed by atoms with van der Waals surface area (Å²) in [6.07, 6.45) is 0. The van der Waals surface area contributed by atoms with E-state index in [1.165, 1.54) is 6.07 Å². The Kier molecular flexibility index (Phi) is 2.67. The predicted molar refractivity (Wildman–Crippen MR) is 57.2 cm³/mol. The summed E-state index contributed by atoms with van der Waals surface area (Å²) in [7, 11) is 0. The van der Waals surface area contributed by atoms with Crippen LogP contribution >= 0.6 is 22.9 Å². The fourth-order valence-corrected chi connectivity index (χ4v) is 2.19. The zero-order chi connectivity index (χ0) is 10.8. The summed E-state index contributed by atoms with van der Waals surface area (Å²) in [6, 6.07) is 8.16. The van der Waals surface area contributed by atoms with Crippen LogP contribution in [0.3, 0.4) is 0 Å². The lowest BCUT2D eigenvalue weighted by Crippen LogP contribution is -1.81. The van der Waals surface area contributed by atoms with Gasteiger partial charge in [0, 0.05) is 5.56 Å². The number of rotatable bonds is 1. The predicted octanol–water partition coefficient (Wildman–Crippen LogP) is 3.47. The molecule has 0 radical (unpaired) electrons. The van der Waals surface area contributed by atoms with E-state index in [4.69, 9.17) is 16.9 Å². The third-order valence-electron chi connectivity index (χ3n) is 1.79. The molecule has 0 unspecified atom stereocenters. The minimum atomic E-state index is -0.368. The molecule has 15 heavy (non-hydrogen) atoms. The van der Waals surface area contributed by atoms with Crippen LogP contribution in [0.15, 0.2) is 24.3 Å². The van der Waals surface area contributed by atoms with Crippen LogP contribution in [0.1, 0.15) is 4.88 Å². The van der Waals surface area contributed by atoms with Gasteiger partial charge in [0.25, 0.3) is 0 Å². The first-order chi connectivity index (χ1) is 7.22. The van der Waals surface area contributed by atoms with Gasteiger partial charge in [-0.3, -0.25) is 0 Å². The molecule has 5 heteroatoms. The topological polar surface area (TPSA) is 36.7 Å². The van der Waals surface area contributed by atoms with E-state index in [0.29, 0.717) is 15.4 Å². The van der Waals surface area contributed by atoms with Gasteiger partial charge in [0.15, 0.2) is 5.15 Å². The van der Waals surface area contributed by atoms with Crippen molar-refractivity contribution in [2.75, 3.05) is 0 Å². The van der Waals surface area contributed by atoms with E-state index in [2.05, 4.69) is 4.98 Å². The Morgan fingerprint density at radius 1 is 1.40 bits per heavy atom. The lowest BCUT2D eigenvalue weighted by Gasteiger charge is -1.96. The van der Waals surface area contributed by atoms with Gasteiger partial charge in [-0.05, 0) is 12.1 Å². The number of hydrogen-bond acceptors (Lipinski definition) is 3. The number of nitrogens with zero attached hydrogens (tertiary/aromatic N) is 2. The van der Waals surface area contributed by atoms with Crippen LogP contribution in [-0.4, -0.2) is 4.98 Å². The van der Waals surface area contributed by atoms with Gasteiger partial charge in [0.1, 0.15) is 21.8 Å². The molecule has 0 fully saturated rings. The molecule has 0 N–H and O–H groups in total. The van der Waals surface area contributed by atoms with Crippen molar-refractivity contribution in [1.82, 2.24) is 4.98 Å². The van der Waals surface area contributed by atoms with Crippen LogP contribution in [0.4, 0.5) is 4.39 Å². The fourth-order valence-electron chi connectivity index (χ4n) is 1.12. The van der Waals surface area contributed by atoms with Crippen LogP contribution in [0.2, 0.25) is 5.15 Å². The van der Waals surface area contributed by atoms with E-state index in [1.807, 2.05) is 6.07 Å². The summed E-state index contributed by atoms with van der Waals surface area (Å²) in [5.41, 5.74) is 0.367. The molecule has 0 saturated heterocycles. The maximum atomic E-state index is 13.4. The van der Waals surface area contributed by atoms with E-state index >= 15 is 0 Å². The number of nitriles is 1. The van der Waals surface area contributed by atoms with Gasteiger partial charge in [0.2, 0.25) is 0 Å². The summed E-state index contributed by atoms with van der Waals surface area (Å²) in [4.78, 5) is 4.23. The molecule has 0 atom stereocenters. The Labute approximate surface area is 94.6 Å². The van der Waals surface area contributed by atoms with Gasteiger partial charge < -0.3 is 0 Å². The monoisotopic (exact) mass is 238 g/mol. The Bertz CT molecular complexity index is 545. The average molecular weight is 239 g/mol. The van der Waals surface area contributed by atoms with Crippen molar-refractivity contribution in [2.45, 2.75) is 0 Å². The Morgan fingerprint density at radius 2 is 2.13 bits per heavy atom. The first kappa shape index (κ1) is 10.1. The number of benzene rings is 1. The maximum Gasteiger partial charge on any atom is 0.158 e. The maximum absolute atomic E-state index is 13.4. The largest absolute Gasteiger partial charge is 0.223 e. The van der Waals surface area contributed by atoms with Gasteiger partial charge in [-0.2, -0.15) is 5.26 Å². The highest BCUT2D eigenvalue weighted by Crippen LogP contribution is 2.31. The second-order valence-electron chi connectivity index (χ2n) is 2.73. The smallest absolute Gasteiger partial charge is 0.158 e. The minimum Gasteiger partial charge on any atom is -0.223 e. The molecule has 1 aromatic carbocycles. The molecule has 0 amide bonds. The number of halogens is 2. The number of thiazole rings is 1. The summed E-state index contributed by atoms with van der Waals surface area (Å²) in [5, 5.41) is 9.24. The van der Waals surface area contributed by atoms with E-state index in [1.54, 1.807) is 18.2 Å². The van der Waals surface area contributed by atoms with Crippen molar-refractivity contribution in [1.29, 1.82) is 5.26 Å². The van der Waals surface area contributed by atoms with E-state index in [9.17, 15) is 4.39 Å². The first-order valence-corrected chi connectivity index (χ1v) is 5.23. The van der Waals surface area contributed by atoms with Gasteiger partial charge in [0.05, 0.1) is 0 Å². The highest BCUT2D eigenvalue weighted by molar-refractivity contribution is 7.16. The molecular formula is C10H4ClFN2S. The summed E-state index contributed by atoms with van der Waals surface area (Å²) in [6.45, 7) is 0. The standard InChI is InChI=1S/C10H4ClFN2S/c11-9-8(5-13)15-10(14-9)6-3-1-2-4-7(6)12/h1-4H. The van der Waals surface area contributed by atoms with Crippen molar-refractivity contribution < 1.29 is 4.39 Å². The summed E-state index contributed by atoms with van der Waals surface area (Å²) < 4.78 is 13.4. The third kappa shape index (κ3) is 1.84. The van der Waals surface area contributed by atoms with Gasteiger partial charge in [-0.25, -0.2) is 9.37 Å². The van der Waals surface area contributed by atoms with Gasteiger partial charge in [-0.1, -0.05) is 23.7 Å². The summed E-state index contributed by atoms with van der Waals surface area (Å²) >= 11 is 6.78. The lowest BCUT2D eigenvalue weighted by molar-refractivity contribution is 0.631. The Balaban J connectivity index is 2.56. The third-order valence-corrected chi connectivity index (χ3v) is 3.17. The van der Waals surface area contributed by atoms with E-state index in [-0.39, 0.29) is 11.0 Å². The minimum absolute atomic E-state index is 0.126. The molecule has 74 valence electrons. The van der Waals surface area contributed by atoms with E-state index < -0.39 is 0 Å². The Hall–Kier alpha value is -1.44. The van der Waals surface area contributed by atoms with Crippen LogP contribution in [0.25, 0.3) is 10.6 Å². The van der Waals surface area contributed by atoms with Crippen molar-refractivity contribution in [3.05, 3.63) is 40.1 Å². The second kappa shape index (κ2) is 3.97. The van der Waals surface area contributed by atoms with Crippen molar-refractivity contribution in [3.8, 4) is 16.6 Å². The molecule has 2 nitrogen and oxygen atoms in total. The average Bonchev–Trinajstić information content (AvgIpc) is 2.60. The van der Waals surface area contributed by atoms with Gasteiger partial charge >= 0.3 is 0 Å². The quantitative estimate of drug-likeness (QED) is 0.763. The zero-order valence-electron chi connectivity index (χ0n) is 7.37. The van der Waals surface area contributed by atoms with Crippen molar-refractivity contribution in [3.63, 3.8) is 0 Å². The highest BCUT2D eigenvalue weighted by atomic mass is 35.5. The normalized spacial score (nSPS) is 9.93. The molecule has 1 aromatic heterocycles. The molecule has 0 aliphatic heterocycles. The summed E-state index contributed by atoms with van der Waals surface area (Å²) in [5.74, 6) is -0.368. The van der Waals surface area contributed by atoms with Crippen molar-refractivity contribution in [2.24, 2.45) is 0 Å². The molecule has 0 aliphatic carbocycles. The number of hydrogen-bond donors (Lipinski definition) is 0. The second-order valence-corrected chi connectivity index (χ2v) is 4.09. The van der Waals surface area contributed by atoms with Gasteiger partial charge in [-0.15, -0.1) is 11.3 Å².